The quantitative estimate of drug-likeness (QED) is 0.115. The predicted molar refractivity (Wildman–Crippen MR) is 121 cm³/mol. The van der Waals surface area contributed by atoms with Crippen LogP contribution < -0.4 is 5.73 Å². The number of aliphatic hydroxyl groups excluding tert-OH is 2. The summed E-state index contributed by atoms with van der Waals surface area (Å²) in [6, 6.07) is 2.74. The lowest BCUT2D eigenvalue weighted by Gasteiger charge is -2.27. The molecule has 0 aliphatic carbocycles. The van der Waals surface area contributed by atoms with Crippen molar-refractivity contribution < 1.29 is 53.4 Å². The number of nitrogen functional groups attached to an aromatic ring is 1. The van der Waals surface area contributed by atoms with Gasteiger partial charge in [-0.3, -0.25) is 4.57 Å². The van der Waals surface area contributed by atoms with Gasteiger partial charge in [-0.2, -0.15) is 9.97 Å². The number of hydrogen-bond acceptors (Lipinski definition) is 11. The summed E-state index contributed by atoms with van der Waals surface area (Å²) in [5.41, 5.74) is 2.08. The molecule has 1 fully saturated rings. The van der Waals surface area contributed by atoms with E-state index in [2.05, 4.69) is 15.0 Å². The first-order valence-corrected chi connectivity index (χ1v) is 11.1. The Kier molecular flexibility index (Phi) is 7.46. The molecule has 0 saturated carbocycles. The molecule has 204 valence electrons. The molecule has 17 heteroatoms. The molecule has 38 heavy (non-hydrogen) atoms. The number of nitrogens with two attached hydrogens (primary N) is 1. The number of fused-ring (bicyclic) bond motifs is 1. The van der Waals surface area contributed by atoms with Crippen LogP contribution in [-0.2, 0) is 25.5 Å². The number of carbonyl (C=O) groups is 2. The normalized spacial score (nSPS) is 21.9. The van der Waals surface area contributed by atoms with E-state index in [1.165, 1.54) is 0 Å². The number of hydrogen-bond donors (Lipinski definition) is 6. The fraction of sp³-hybridized carbons (Fsp3) is 0.381. The summed E-state index contributed by atoms with van der Waals surface area (Å²) in [5, 5.41) is 47.9. The first-order valence-electron chi connectivity index (χ1n) is 10.7. The third-order valence-corrected chi connectivity index (χ3v) is 6.14. The Hall–Kier alpha value is -3.54. The molecule has 0 unspecified atom stereocenters. The third kappa shape index (κ3) is 4.84. The minimum absolute atomic E-state index is 0.0205. The maximum Gasteiger partial charge on any atom is 0.348 e. The standard InChI is InChI=1S/C21H20ClF2N5O9/c22-20-27-14(25)12-15(28-20)29(6-26-12)16-11(24)13(30)10(38-16)5-37-21(18(33)34,19(35)36)4-7-1-2-8(17(31)32)9(23)3-7/h1-3,6,10-11,13,16-17,30-32H,4-5H2,(H,33,34)(H,35,36)(H2,25,27,28)/t10-,11+,13-,16-/m1/s1. The number of alkyl halides is 1. The van der Waals surface area contributed by atoms with Crippen LogP contribution in [0.25, 0.3) is 11.2 Å². The van der Waals surface area contributed by atoms with Crippen molar-refractivity contribution in [3.05, 3.63) is 46.8 Å². The van der Waals surface area contributed by atoms with Gasteiger partial charge in [-0.1, -0.05) is 12.1 Å². The molecule has 0 bridgehead atoms. The van der Waals surface area contributed by atoms with Gasteiger partial charge < -0.3 is 40.7 Å². The molecule has 1 aromatic carbocycles. The number of carboxylic acids is 2. The Balaban J connectivity index is 1.57. The average Bonchev–Trinajstić information content (AvgIpc) is 3.37. The second-order valence-corrected chi connectivity index (χ2v) is 8.69. The molecule has 3 heterocycles. The molecule has 4 rings (SSSR count). The Labute approximate surface area is 215 Å². The maximum absolute atomic E-state index is 15.1. The van der Waals surface area contributed by atoms with Gasteiger partial charge in [0.1, 0.15) is 23.5 Å². The van der Waals surface area contributed by atoms with Crippen molar-refractivity contribution in [2.45, 2.75) is 42.9 Å². The van der Waals surface area contributed by atoms with E-state index in [9.17, 15) is 29.3 Å². The van der Waals surface area contributed by atoms with Crippen LogP contribution in [0.4, 0.5) is 14.6 Å². The molecule has 2 aromatic heterocycles. The van der Waals surface area contributed by atoms with E-state index in [1.807, 2.05) is 0 Å². The van der Waals surface area contributed by atoms with Crippen LogP contribution in [0.1, 0.15) is 23.6 Å². The number of ether oxygens (including phenoxy) is 2. The predicted octanol–water partition coefficient (Wildman–Crippen LogP) is -0.0521. The molecule has 1 saturated heterocycles. The van der Waals surface area contributed by atoms with Crippen LogP contribution in [0.2, 0.25) is 5.28 Å². The van der Waals surface area contributed by atoms with E-state index >= 15 is 4.39 Å². The summed E-state index contributed by atoms with van der Waals surface area (Å²) < 4.78 is 41.0. The van der Waals surface area contributed by atoms with Gasteiger partial charge in [-0.25, -0.2) is 23.4 Å². The summed E-state index contributed by atoms with van der Waals surface area (Å²) in [7, 11) is 0. The van der Waals surface area contributed by atoms with Gasteiger partial charge in [-0.05, 0) is 23.2 Å². The van der Waals surface area contributed by atoms with Gasteiger partial charge in [0.25, 0.3) is 5.60 Å². The van der Waals surface area contributed by atoms with Gasteiger partial charge in [0, 0.05) is 12.0 Å². The van der Waals surface area contributed by atoms with Crippen molar-refractivity contribution in [2.24, 2.45) is 0 Å². The number of nitrogens with zero attached hydrogens (tertiary/aromatic N) is 4. The van der Waals surface area contributed by atoms with Gasteiger partial charge in [0.15, 0.2) is 30.2 Å². The van der Waals surface area contributed by atoms with E-state index in [0.29, 0.717) is 0 Å². The Morgan fingerprint density at radius 1 is 1.26 bits per heavy atom. The first-order chi connectivity index (χ1) is 17.9. The van der Waals surface area contributed by atoms with Crippen LogP contribution in [0.15, 0.2) is 24.5 Å². The number of benzene rings is 1. The van der Waals surface area contributed by atoms with Crippen LogP contribution in [-0.4, -0.2) is 87.6 Å². The first kappa shape index (κ1) is 27.5. The van der Waals surface area contributed by atoms with Crippen molar-refractivity contribution in [3.63, 3.8) is 0 Å². The number of aromatic nitrogens is 4. The van der Waals surface area contributed by atoms with Crippen LogP contribution in [0.3, 0.4) is 0 Å². The molecule has 1 aliphatic heterocycles. The number of aliphatic hydroxyl groups is 3. The highest BCUT2D eigenvalue weighted by atomic mass is 35.5. The molecule has 0 radical (unpaired) electrons. The summed E-state index contributed by atoms with van der Waals surface area (Å²) in [4.78, 5) is 35.7. The van der Waals surface area contributed by atoms with E-state index in [1.54, 1.807) is 0 Å². The molecule has 14 nitrogen and oxygen atoms in total. The molecule has 0 amide bonds. The molecule has 3 aromatic rings. The fourth-order valence-electron chi connectivity index (χ4n) is 3.98. The number of halogens is 3. The summed E-state index contributed by atoms with van der Waals surface area (Å²) in [6.07, 6.45) is -9.07. The zero-order valence-electron chi connectivity index (χ0n) is 19.0. The van der Waals surface area contributed by atoms with Crippen molar-refractivity contribution in [1.82, 2.24) is 19.5 Å². The second-order valence-electron chi connectivity index (χ2n) is 8.36. The lowest BCUT2D eigenvalue weighted by atomic mass is 9.93. The maximum atomic E-state index is 15.1. The number of imidazole rings is 1. The topological polar surface area (TPSA) is 223 Å². The van der Waals surface area contributed by atoms with E-state index in [0.717, 1.165) is 29.1 Å². The van der Waals surface area contributed by atoms with Crippen molar-refractivity contribution >= 4 is 40.5 Å². The third-order valence-electron chi connectivity index (χ3n) is 5.97. The van der Waals surface area contributed by atoms with Crippen LogP contribution >= 0.6 is 11.6 Å². The molecule has 7 N–H and O–H groups in total. The molecular weight excluding hydrogens is 540 g/mol. The van der Waals surface area contributed by atoms with Crippen molar-refractivity contribution in [2.75, 3.05) is 12.3 Å². The minimum atomic E-state index is -3.00. The van der Waals surface area contributed by atoms with Crippen molar-refractivity contribution in [3.8, 4) is 0 Å². The molecule has 0 spiro atoms. The van der Waals surface area contributed by atoms with E-state index < -0.39 is 72.8 Å². The highest BCUT2D eigenvalue weighted by Crippen LogP contribution is 2.35. The smallest absolute Gasteiger partial charge is 0.348 e. The highest BCUT2D eigenvalue weighted by Gasteiger charge is 2.52. The number of aliphatic carboxylic acids is 2. The summed E-state index contributed by atoms with van der Waals surface area (Å²) in [6.45, 7) is -0.906. The SMILES string of the molecule is Nc1nc(Cl)nc2c1ncn2[C@@H]1O[C@H](COC(Cc2ccc(C(O)O)c(F)c2)(C(=O)O)C(=O)O)[C@@H](O)[C@@H]1F. The summed E-state index contributed by atoms with van der Waals surface area (Å²) in [5.74, 6) is -5.17. The van der Waals surface area contributed by atoms with E-state index in [4.69, 9.17) is 37.0 Å². The van der Waals surface area contributed by atoms with Crippen LogP contribution in [0.5, 0.6) is 0 Å². The lowest BCUT2D eigenvalue weighted by Crippen LogP contribution is -2.52. The Morgan fingerprint density at radius 3 is 2.55 bits per heavy atom. The average molecular weight is 560 g/mol. The monoisotopic (exact) mass is 559 g/mol. The zero-order chi connectivity index (χ0) is 27.9. The minimum Gasteiger partial charge on any atom is -0.479 e. The summed E-state index contributed by atoms with van der Waals surface area (Å²) >= 11 is 5.81. The number of rotatable bonds is 9. The lowest BCUT2D eigenvalue weighted by molar-refractivity contribution is -0.190. The number of carboxylic acid groups (broad SMARTS) is 2. The largest absolute Gasteiger partial charge is 0.479 e. The number of anilines is 1. The Bertz CT molecular complexity index is 1380. The fourth-order valence-corrected chi connectivity index (χ4v) is 4.15. The molecular formula is C21H20ClF2N5O9. The molecule has 4 atom stereocenters. The van der Waals surface area contributed by atoms with Gasteiger partial charge in [0.05, 0.1) is 12.9 Å². The van der Waals surface area contributed by atoms with Gasteiger partial charge in [-0.15, -0.1) is 0 Å². The highest BCUT2D eigenvalue weighted by molar-refractivity contribution is 6.28. The van der Waals surface area contributed by atoms with E-state index in [-0.39, 0.29) is 27.8 Å². The molecule has 1 aliphatic rings. The van der Waals surface area contributed by atoms with Crippen LogP contribution in [0, 0.1) is 5.82 Å². The Morgan fingerprint density at radius 2 is 1.95 bits per heavy atom. The zero-order valence-corrected chi connectivity index (χ0v) is 19.7. The van der Waals surface area contributed by atoms with Gasteiger partial charge >= 0.3 is 11.9 Å². The van der Waals surface area contributed by atoms with Gasteiger partial charge in [0.2, 0.25) is 5.28 Å². The van der Waals surface area contributed by atoms with Crippen molar-refractivity contribution in [1.29, 1.82) is 0 Å². The second kappa shape index (κ2) is 10.3.